The van der Waals surface area contributed by atoms with Gasteiger partial charge < -0.3 is 10.0 Å². The third kappa shape index (κ3) is 4.77. The molecule has 0 aromatic carbocycles. The van der Waals surface area contributed by atoms with Crippen molar-refractivity contribution >= 4 is 0 Å². The minimum absolute atomic E-state index is 0.210. The topological polar surface area (TPSA) is 23.5 Å². The number of nitrogens with zero attached hydrogens (tertiary/aromatic N) is 1. The molecule has 0 bridgehead atoms. The van der Waals surface area contributed by atoms with E-state index in [9.17, 15) is 0 Å². The predicted molar refractivity (Wildman–Crippen MR) is 43.8 cm³/mol. The van der Waals surface area contributed by atoms with Crippen LogP contribution >= 0.6 is 0 Å². The van der Waals surface area contributed by atoms with Crippen LogP contribution in [-0.4, -0.2) is 36.2 Å². The van der Waals surface area contributed by atoms with Crippen molar-refractivity contribution in [1.29, 1.82) is 0 Å². The van der Waals surface area contributed by atoms with Gasteiger partial charge in [-0.2, -0.15) is 0 Å². The van der Waals surface area contributed by atoms with E-state index in [0.717, 1.165) is 26.1 Å². The molecule has 0 heterocycles. The molecule has 0 spiro atoms. The van der Waals surface area contributed by atoms with Crippen LogP contribution in [0, 0.1) is 6.42 Å². The average molecular weight is 144 g/mol. The van der Waals surface area contributed by atoms with E-state index in [1.165, 1.54) is 0 Å². The summed E-state index contributed by atoms with van der Waals surface area (Å²) < 4.78 is 0. The Balaban J connectivity index is 3.09. The van der Waals surface area contributed by atoms with Crippen molar-refractivity contribution in [3.05, 3.63) is 6.42 Å². The van der Waals surface area contributed by atoms with E-state index in [4.69, 9.17) is 5.11 Å². The summed E-state index contributed by atoms with van der Waals surface area (Å²) in [6, 6.07) is 0. The van der Waals surface area contributed by atoms with Gasteiger partial charge in [0.1, 0.15) is 0 Å². The molecule has 0 saturated heterocycles. The lowest BCUT2D eigenvalue weighted by Gasteiger charge is -2.16. The second kappa shape index (κ2) is 7.03. The van der Waals surface area contributed by atoms with Crippen molar-refractivity contribution in [1.82, 2.24) is 4.90 Å². The third-order valence-electron chi connectivity index (χ3n) is 1.67. The van der Waals surface area contributed by atoms with Gasteiger partial charge in [-0.15, -0.1) is 0 Å². The number of aliphatic hydroxyl groups is 1. The molecule has 1 radical (unpaired) electrons. The first kappa shape index (κ1) is 9.92. The van der Waals surface area contributed by atoms with Crippen molar-refractivity contribution in [2.75, 3.05) is 26.2 Å². The zero-order chi connectivity index (χ0) is 7.82. The number of hydrogen-bond acceptors (Lipinski definition) is 2. The molecule has 0 atom stereocenters. The van der Waals surface area contributed by atoms with Gasteiger partial charge in [-0.1, -0.05) is 13.8 Å². The van der Waals surface area contributed by atoms with Gasteiger partial charge in [-0.25, -0.2) is 0 Å². The summed E-state index contributed by atoms with van der Waals surface area (Å²) >= 11 is 0. The molecule has 0 aromatic heterocycles. The number of aliphatic hydroxyl groups excluding tert-OH is 1. The first-order valence-electron chi connectivity index (χ1n) is 4.00. The maximum absolute atomic E-state index is 8.45. The van der Waals surface area contributed by atoms with E-state index in [-0.39, 0.29) is 6.61 Å². The minimum atomic E-state index is 0.210. The second-order valence-corrected chi connectivity index (χ2v) is 2.29. The van der Waals surface area contributed by atoms with Gasteiger partial charge in [0, 0.05) is 6.61 Å². The molecule has 0 amide bonds. The lowest BCUT2D eigenvalue weighted by molar-refractivity contribution is 0.286. The van der Waals surface area contributed by atoms with Gasteiger partial charge in [0.25, 0.3) is 0 Å². The smallest absolute Gasteiger partial charge is 0.0463 e. The average Bonchev–Trinajstić information content (AvgIpc) is 1.99. The molecular formula is C8H18NO. The van der Waals surface area contributed by atoms with Crippen LogP contribution in [0.3, 0.4) is 0 Å². The molecule has 0 unspecified atom stereocenters. The molecule has 1 N–H and O–H groups in total. The first-order valence-corrected chi connectivity index (χ1v) is 4.00. The van der Waals surface area contributed by atoms with E-state index in [0.29, 0.717) is 0 Å². The number of hydrogen-bond donors (Lipinski definition) is 1. The van der Waals surface area contributed by atoms with Gasteiger partial charge in [-0.3, -0.25) is 0 Å². The summed E-state index contributed by atoms with van der Waals surface area (Å²) in [4.78, 5) is 2.34. The van der Waals surface area contributed by atoms with Crippen LogP contribution in [-0.2, 0) is 0 Å². The Morgan fingerprint density at radius 2 is 1.90 bits per heavy atom. The SMILES string of the molecule is CCN(CC)CC[CH]CO. The molecular weight excluding hydrogens is 126 g/mol. The second-order valence-electron chi connectivity index (χ2n) is 2.29. The van der Waals surface area contributed by atoms with Crippen molar-refractivity contribution < 1.29 is 5.11 Å². The molecule has 2 nitrogen and oxygen atoms in total. The Morgan fingerprint density at radius 3 is 2.30 bits per heavy atom. The van der Waals surface area contributed by atoms with Crippen LogP contribution in [0.25, 0.3) is 0 Å². The first-order chi connectivity index (χ1) is 4.85. The lowest BCUT2D eigenvalue weighted by atomic mass is 10.3. The van der Waals surface area contributed by atoms with Crippen molar-refractivity contribution in [2.24, 2.45) is 0 Å². The molecule has 0 aromatic rings. The van der Waals surface area contributed by atoms with Gasteiger partial charge in [-0.05, 0) is 32.5 Å². The zero-order valence-electron chi connectivity index (χ0n) is 7.01. The van der Waals surface area contributed by atoms with E-state index in [1.807, 2.05) is 6.42 Å². The molecule has 0 aliphatic heterocycles. The summed E-state index contributed by atoms with van der Waals surface area (Å²) in [5.74, 6) is 0. The summed E-state index contributed by atoms with van der Waals surface area (Å²) in [5.41, 5.74) is 0. The number of rotatable bonds is 6. The minimum Gasteiger partial charge on any atom is -0.396 e. The Labute approximate surface area is 63.8 Å². The van der Waals surface area contributed by atoms with E-state index < -0.39 is 0 Å². The summed E-state index contributed by atoms with van der Waals surface area (Å²) in [7, 11) is 0. The quantitative estimate of drug-likeness (QED) is 0.560. The van der Waals surface area contributed by atoms with Crippen LogP contribution in [0.2, 0.25) is 0 Å². The van der Waals surface area contributed by atoms with Crippen molar-refractivity contribution in [2.45, 2.75) is 20.3 Å². The molecule has 2 heteroatoms. The number of unbranched alkanes of at least 4 members (excludes halogenated alkanes) is 1. The molecule has 10 heavy (non-hydrogen) atoms. The molecule has 0 rings (SSSR count). The van der Waals surface area contributed by atoms with Crippen LogP contribution < -0.4 is 0 Å². The maximum atomic E-state index is 8.45. The standard InChI is InChI=1S/C8H18NO/c1-3-9(4-2)7-5-6-8-10/h6,10H,3-5,7-8H2,1-2H3. The van der Waals surface area contributed by atoms with E-state index in [2.05, 4.69) is 18.7 Å². The van der Waals surface area contributed by atoms with Gasteiger partial charge in [0.2, 0.25) is 0 Å². The summed E-state index contributed by atoms with van der Waals surface area (Å²) in [6.45, 7) is 7.81. The highest BCUT2D eigenvalue weighted by atomic mass is 16.2. The van der Waals surface area contributed by atoms with Crippen molar-refractivity contribution in [3.8, 4) is 0 Å². The fraction of sp³-hybridized carbons (Fsp3) is 0.875. The fourth-order valence-corrected chi connectivity index (χ4v) is 0.905. The summed E-state index contributed by atoms with van der Waals surface area (Å²) in [6.07, 6.45) is 2.90. The Hall–Kier alpha value is -0.0800. The lowest BCUT2D eigenvalue weighted by Crippen LogP contribution is -2.24. The zero-order valence-corrected chi connectivity index (χ0v) is 7.01. The summed E-state index contributed by atoms with van der Waals surface area (Å²) in [5, 5.41) is 8.45. The predicted octanol–water partition coefficient (Wildman–Crippen LogP) is 0.915. The highest BCUT2D eigenvalue weighted by molar-refractivity contribution is 4.64. The fourth-order valence-electron chi connectivity index (χ4n) is 0.905. The van der Waals surface area contributed by atoms with Crippen LogP contribution in [0.1, 0.15) is 20.3 Å². The van der Waals surface area contributed by atoms with E-state index >= 15 is 0 Å². The largest absolute Gasteiger partial charge is 0.396 e. The van der Waals surface area contributed by atoms with Gasteiger partial charge in [0.15, 0.2) is 0 Å². The highest BCUT2D eigenvalue weighted by Gasteiger charge is 1.96. The Bertz CT molecular complexity index is 62.3. The normalized spacial score (nSPS) is 10.8. The highest BCUT2D eigenvalue weighted by Crippen LogP contribution is 1.92. The van der Waals surface area contributed by atoms with E-state index in [1.54, 1.807) is 0 Å². The van der Waals surface area contributed by atoms with Gasteiger partial charge in [0.05, 0.1) is 0 Å². The van der Waals surface area contributed by atoms with Crippen molar-refractivity contribution in [3.63, 3.8) is 0 Å². The Kier molecular flexibility index (Phi) is 6.98. The van der Waals surface area contributed by atoms with Crippen LogP contribution in [0.4, 0.5) is 0 Å². The molecule has 0 aliphatic carbocycles. The molecule has 0 aliphatic rings. The maximum Gasteiger partial charge on any atom is 0.0463 e. The third-order valence-corrected chi connectivity index (χ3v) is 1.67. The van der Waals surface area contributed by atoms with Gasteiger partial charge >= 0.3 is 0 Å². The monoisotopic (exact) mass is 144 g/mol. The van der Waals surface area contributed by atoms with Crippen LogP contribution in [0.5, 0.6) is 0 Å². The Morgan fingerprint density at radius 1 is 1.30 bits per heavy atom. The molecule has 0 saturated carbocycles. The van der Waals surface area contributed by atoms with Crippen LogP contribution in [0.15, 0.2) is 0 Å². The molecule has 61 valence electrons. The molecule has 0 fully saturated rings.